The second kappa shape index (κ2) is 4.58. The zero-order chi connectivity index (χ0) is 16.6. The first-order valence-electron chi connectivity index (χ1n) is 8.98. The van der Waals surface area contributed by atoms with Crippen molar-refractivity contribution in [1.29, 1.82) is 0 Å². The van der Waals surface area contributed by atoms with Gasteiger partial charge >= 0.3 is 0 Å². The van der Waals surface area contributed by atoms with Crippen LogP contribution in [-0.2, 0) is 10.8 Å². The molecule has 3 heteroatoms. The topological polar surface area (TPSA) is 60.7 Å². The summed E-state index contributed by atoms with van der Waals surface area (Å²) in [7, 11) is 0. The lowest BCUT2D eigenvalue weighted by Gasteiger charge is -2.57. The van der Waals surface area contributed by atoms with E-state index in [1.807, 2.05) is 20.8 Å². The van der Waals surface area contributed by atoms with Crippen LogP contribution in [0.3, 0.4) is 0 Å². The maximum absolute atomic E-state index is 11.0. The lowest BCUT2D eigenvalue weighted by molar-refractivity contribution is -0.00634. The summed E-state index contributed by atoms with van der Waals surface area (Å²) in [5.74, 6) is 2.29. The predicted molar refractivity (Wildman–Crippen MR) is 90.0 cm³/mol. The zero-order valence-corrected chi connectivity index (χ0v) is 14.4. The van der Waals surface area contributed by atoms with Gasteiger partial charge in [-0.3, -0.25) is 0 Å². The Bertz CT molecular complexity index is 619. The summed E-state index contributed by atoms with van der Waals surface area (Å²) in [6.07, 6.45) is 7.41. The van der Waals surface area contributed by atoms with Crippen LogP contribution in [0, 0.1) is 17.8 Å². The van der Waals surface area contributed by atoms with E-state index in [1.54, 1.807) is 6.07 Å². The Kier molecular flexibility index (Phi) is 3.02. The van der Waals surface area contributed by atoms with Crippen molar-refractivity contribution in [2.75, 3.05) is 0 Å². The Balaban J connectivity index is 1.88. The third-order valence-electron chi connectivity index (χ3n) is 6.61. The van der Waals surface area contributed by atoms with Crippen molar-refractivity contribution < 1.29 is 15.3 Å². The van der Waals surface area contributed by atoms with Crippen molar-refractivity contribution in [2.45, 2.75) is 70.1 Å². The van der Waals surface area contributed by atoms with Gasteiger partial charge < -0.3 is 15.3 Å². The second-order valence-electron chi connectivity index (χ2n) is 9.46. The Hall–Kier alpha value is -1.38. The second-order valence-corrected chi connectivity index (χ2v) is 9.46. The summed E-state index contributed by atoms with van der Waals surface area (Å²) >= 11 is 0. The van der Waals surface area contributed by atoms with Gasteiger partial charge in [-0.15, -0.1) is 0 Å². The number of phenols is 3. The Labute approximate surface area is 138 Å². The van der Waals surface area contributed by atoms with Gasteiger partial charge in [0.15, 0.2) is 11.5 Å². The molecule has 5 rings (SSSR count). The van der Waals surface area contributed by atoms with E-state index in [0.29, 0.717) is 5.56 Å². The molecule has 0 heterocycles. The van der Waals surface area contributed by atoms with Gasteiger partial charge in [0, 0.05) is 11.1 Å². The molecule has 0 spiro atoms. The van der Waals surface area contributed by atoms with Crippen LogP contribution in [0.15, 0.2) is 6.07 Å². The van der Waals surface area contributed by atoms with Gasteiger partial charge in [0.1, 0.15) is 5.75 Å². The molecule has 4 fully saturated rings. The number of rotatable bonds is 1. The summed E-state index contributed by atoms with van der Waals surface area (Å²) in [6, 6.07) is 1.65. The molecule has 23 heavy (non-hydrogen) atoms. The molecule has 4 aliphatic rings. The van der Waals surface area contributed by atoms with Crippen LogP contribution in [0.1, 0.15) is 70.4 Å². The molecule has 126 valence electrons. The minimum Gasteiger partial charge on any atom is -0.507 e. The SMILES string of the molecule is CC(C)(C)c1c(O)c(O)cc(C23CC4CC(CC(C4)C2)C3)c1O. The normalized spacial score (nSPS) is 35.7. The fourth-order valence-corrected chi connectivity index (χ4v) is 6.20. The van der Waals surface area contributed by atoms with Gasteiger partial charge in [0.25, 0.3) is 0 Å². The van der Waals surface area contributed by atoms with Crippen LogP contribution in [0.4, 0.5) is 0 Å². The molecule has 0 amide bonds. The van der Waals surface area contributed by atoms with Crippen LogP contribution in [-0.4, -0.2) is 15.3 Å². The Morgan fingerprint density at radius 1 is 0.870 bits per heavy atom. The summed E-state index contributed by atoms with van der Waals surface area (Å²) in [4.78, 5) is 0. The van der Waals surface area contributed by atoms with Gasteiger partial charge in [-0.05, 0) is 73.2 Å². The van der Waals surface area contributed by atoms with Gasteiger partial charge in [-0.1, -0.05) is 20.8 Å². The summed E-state index contributed by atoms with van der Waals surface area (Å²) in [6.45, 7) is 5.89. The molecule has 0 unspecified atom stereocenters. The molecular formula is C20H28O3. The highest BCUT2D eigenvalue weighted by atomic mass is 16.3. The van der Waals surface area contributed by atoms with Crippen molar-refractivity contribution in [3.8, 4) is 17.2 Å². The van der Waals surface area contributed by atoms with Crippen LogP contribution in [0.2, 0.25) is 0 Å². The summed E-state index contributed by atoms with van der Waals surface area (Å²) in [5, 5.41) is 31.6. The van der Waals surface area contributed by atoms with Crippen molar-refractivity contribution in [3.63, 3.8) is 0 Å². The van der Waals surface area contributed by atoms with Crippen LogP contribution < -0.4 is 0 Å². The van der Waals surface area contributed by atoms with Crippen LogP contribution >= 0.6 is 0 Å². The molecule has 0 saturated heterocycles. The lowest BCUT2D eigenvalue weighted by atomic mass is 9.48. The summed E-state index contributed by atoms with van der Waals surface area (Å²) in [5.41, 5.74) is 0.966. The minimum atomic E-state index is -0.413. The number of aromatic hydroxyl groups is 3. The van der Waals surface area contributed by atoms with Crippen molar-refractivity contribution in [3.05, 3.63) is 17.2 Å². The first-order chi connectivity index (χ1) is 10.7. The first-order valence-corrected chi connectivity index (χ1v) is 8.98. The lowest BCUT2D eigenvalue weighted by Crippen LogP contribution is -2.48. The highest BCUT2D eigenvalue weighted by molar-refractivity contribution is 5.61. The van der Waals surface area contributed by atoms with Gasteiger partial charge in [0.05, 0.1) is 0 Å². The fraction of sp³-hybridized carbons (Fsp3) is 0.700. The first kappa shape index (κ1) is 15.2. The molecule has 4 bridgehead atoms. The smallest absolute Gasteiger partial charge is 0.164 e. The standard InChI is InChI=1S/C20H28O3/c1-19(2,3)16-17(22)14(7-15(21)18(16)23)20-8-11-4-12(9-20)6-13(5-11)10-20/h7,11-13,21-23H,4-6,8-10H2,1-3H3. The number of benzene rings is 1. The predicted octanol–water partition coefficient (Wildman–Crippen LogP) is 4.57. The molecule has 1 aromatic rings. The van der Waals surface area contributed by atoms with Crippen molar-refractivity contribution >= 4 is 0 Å². The van der Waals surface area contributed by atoms with E-state index in [9.17, 15) is 15.3 Å². The van der Waals surface area contributed by atoms with E-state index in [0.717, 1.165) is 42.6 Å². The number of hydrogen-bond acceptors (Lipinski definition) is 3. The van der Waals surface area contributed by atoms with Crippen LogP contribution in [0.5, 0.6) is 17.2 Å². The summed E-state index contributed by atoms with van der Waals surface area (Å²) < 4.78 is 0. The van der Waals surface area contributed by atoms with E-state index in [4.69, 9.17) is 0 Å². The van der Waals surface area contributed by atoms with Crippen molar-refractivity contribution in [2.24, 2.45) is 17.8 Å². The van der Waals surface area contributed by atoms with E-state index < -0.39 is 5.41 Å². The average Bonchev–Trinajstić information content (AvgIpc) is 2.39. The van der Waals surface area contributed by atoms with Gasteiger partial charge in [-0.2, -0.15) is 0 Å². The van der Waals surface area contributed by atoms with E-state index in [-0.39, 0.29) is 22.7 Å². The molecule has 3 N–H and O–H groups in total. The number of hydrogen-bond donors (Lipinski definition) is 3. The zero-order valence-electron chi connectivity index (χ0n) is 14.4. The molecular weight excluding hydrogens is 288 g/mol. The minimum absolute atomic E-state index is 0.00398. The fourth-order valence-electron chi connectivity index (χ4n) is 6.20. The van der Waals surface area contributed by atoms with E-state index in [1.165, 1.54) is 19.3 Å². The number of phenolic OH excluding ortho intramolecular Hbond substituents is 3. The van der Waals surface area contributed by atoms with E-state index >= 15 is 0 Å². The molecule has 0 radical (unpaired) electrons. The maximum Gasteiger partial charge on any atom is 0.164 e. The monoisotopic (exact) mass is 316 g/mol. The van der Waals surface area contributed by atoms with Crippen LogP contribution in [0.25, 0.3) is 0 Å². The van der Waals surface area contributed by atoms with E-state index in [2.05, 4.69) is 0 Å². The molecule has 3 nitrogen and oxygen atoms in total. The Morgan fingerprint density at radius 3 is 1.78 bits per heavy atom. The third kappa shape index (κ3) is 2.15. The molecule has 0 aliphatic heterocycles. The quantitative estimate of drug-likeness (QED) is 0.525. The largest absolute Gasteiger partial charge is 0.507 e. The van der Waals surface area contributed by atoms with Crippen molar-refractivity contribution in [1.82, 2.24) is 0 Å². The average molecular weight is 316 g/mol. The highest BCUT2D eigenvalue weighted by Gasteiger charge is 2.53. The highest BCUT2D eigenvalue weighted by Crippen LogP contribution is 2.63. The molecule has 1 aromatic carbocycles. The van der Waals surface area contributed by atoms with Gasteiger partial charge in [-0.25, -0.2) is 0 Å². The maximum atomic E-state index is 11.0. The molecule has 0 atom stereocenters. The Morgan fingerprint density at radius 2 is 1.35 bits per heavy atom. The molecule has 0 aromatic heterocycles. The third-order valence-corrected chi connectivity index (χ3v) is 6.61. The van der Waals surface area contributed by atoms with Gasteiger partial charge in [0.2, 0.25) is 0 Å². The molecule has 4 aliphatic carbocycles. The molecule has 4 saturated carbocycles.